The SMILES string of the molecule is CC(CCN)N(C)C(=O)C1CC2CC2C1. The van der Waals surface area contributed by atoms with Crippen molar-refractivity contribution in [2.24, 2.45) is 23.5 Å². The van der Waals surface area contributed by atoms with E-state index in [1.165, 1.54) is 6.42 Å². The number of nitrogens with two attached hydrogens (primary N) is 1. The number of rotatable bonds is 4. The van der Waals surface area contributed by atoms with Crippen molar-refractivity contribution in [1.29, 1.82) is 0 Å². The van der Waals surface area contributed by atoms with E-state index in [9.17, 15) is 4.79 Å². The summed E-state index contributed by atoms with van der Waals surface area (Å²) in [7, 11) is 1.92. The Labute approximate surface area is 92.0 Å². The summed E-state index contributed by atoms with van der Waals surface area (Å²) < 4.78 is 0. The standard InChI is InChI=1S/C12H22N2O/c1-8(3-4-13)14(2)12(15)11-6-9-5-10(9)7-11/h8-11H,3-7,13H2,1-2H3. The molecule has 2 N–H and O–H groups in total. The predicted octanol–water partition coefficient (Wildman–Crippen LogP) is 1.23. The Hall–Kier alpha value is -0.570. The van der Waals surface area contributed by atoms with E-state index >= 15 is 0 Å². The number of hydrogen-bond acceptors (Lipinski definition) is 2. The third kappa shape index (κ3) is 2.17. The Morgan fingerprint density at radius 2 is 2.00 bits per heavy atom. The van der Waals surface area contributed by atoms with E-state index in [1.54, 1.807) is 0 Å². The molecule has 3 unspecified atom stereocenters. The third-order valence-electron chi connectivity index (χ3n) is 4.19. The molecular formula is C12H22N2O. The zero-order valence-electron chi connectivity index (χ0n) is 9.78. The van der Waals surface area contributed by atoms with Crippen LogP contribution >= 0.6 is 0 Å². The Bertz CT molecular complexity index is 244. The minimum absolute atomic E-state index is 0.291. The van der Waals surface area contributed by atoms with Gasteiger partial charge in [-0.05, 0) is 51.0 Å². The van der Waals surface area contributed by atoms with Crippen molar-refractivity contribution in [3.63, 3.8) is 0 Å². The van der Waals surface area contributed by atoms with Crippen molar-refractivity contribution in [1.82, 2.24) is 4.90 Å². The maximum Gasteiger partial charge on any atom is 0.225 e. The van der Waals surface area contributed by atoms with Gasteiger partial charge in [0, 0.05) is 19.0 Å². The average molecular weight is 210 g/mol. The molecule has 0 radical (unpaired) electrons. The van der Waals surface area contributed by atoms with E-state index in [0.717, 1.165) is 31.1 Å². The molecule has 86 valence electrons. The van der Waals surface area contributed by atoms with Gasteiger partial charge in [-0.1, -0.05) is 0 Å². The monoisotopic (exact) mass is 210 g/mol. The largest absolute Gasteiger partial charge is 0.343 e. The third-order valence-corrected chi connectivity index (χ3v) is 4.19. The molecule has 2 saturated carbocycles. The summed E-state index contributed by atoms with van der Waals surface area (Å²) in [4.78, 5) is 14.0. The Balaban J connectivity index is 1.84. The fourth-order valence-electron chi connectivity index (χ4n) is 2.86. The highest BCUT2D eigenvalue weighted by Crippen LogP contribution is 2.54. The van der Waals surface area contributed by atoms with Crippen LogP contribution in [0.5, 0.6) is 0 Å². The van der Waals surface area contributed by atoms with Gasteiger partial charge in [-0.15, -0.1) is 0 Å². The van der Waals surface area contributed by atoms with Crippen LogP contribution in [-0.2, 0) is 4.79 Å². The van der Waals surface area contributed by atoms with E-state index in [0.29, 0.717) is 24.4 Å². The van der Waals surface area contributed by atoms with E-state index < -0.39 is 0 Å². The van der Waals surface area contributed by atoms with Crippen LogP contribution in [-0.4, -0.2) is 30.4 Å². The van der Waals surface area contributed by atoms with Crippen LogP contribution < -0.4 is 5.73 Å². The number of amides is 1. The lowest BCUT2D eigenvalue weighted by Gasteiger charge is -2.27. The van der Waals surface area contributed by atoms with E-state index in [2.05, 4.69) is 6.92 Å². The van der Waals surface area contributed by atoms with Crippen molar-refractivity contribution in [2.75, 3.05) is 13.6 Å². The summed E-state index contributed by atoms with van der Waals surface area (Å²) in [6.45, 7) is 2.75. The molecule has 2 rings (SSSR count). The van der Waals surface area contributed by atoms with Crippen molar-refractivity contribution >= 4 is 5.91 Å². The number of carbonyl (C=O) groups is 1. The molecule has 0 saturated heterocycles. The molecule has 3 heteroatoms. The maximum atomic E-state index is 12.1. The van der Waals surface area contributed by atoms with Gasteiger partial charge in [-0.25, -0.2) is 0 Å². The smallest absolute Gasteiger partial charge is 0.225 e. The first-order valence-electron chi connectivity index (χ1n) is 6.10. The molecule has 2 aliphatic rings. The van der Waals surface area contributed by atoms with Crippen molar-refractivity contribution in [3.05, 3.63) is 0 Å². The lowest BCUT2D eigenvalue weighted by Crippen LogP contribution is -2.39. The molecule has 0 aromatic heterocycles. The number of fused-ring (bicyclic) bond motifs is 1. The molecule has 15 heavy (non-hydrogen) atoms. The minimum Gasteiger partial charge on any atom is -0.343 e. The fraction of sp³-hybridized carbons (Fsp3) is 0.917. The Morgan fingerprint density at radius 1 is 1.40 bits per heavy atom. The lowest BCUT2D eigenvalue weighted by molar-refractivity contribution is -0.136. The van der Waals surface area contributed by atoms with Crippen molar-refractivity contribution in [2.45, 2.75) is 38.6 Å². The molecule has 0 aliphatic heterocycles. The molecule has 0 bridgehead atoms. The minimum atomic E-state index is 0.291. The lowest BCUT2D eigenvalue weighted by atomic mass is 10.0. The van der Waals surface area contributed by atoms with Gasteiger partial charge in [0.15, 0.2) is 0 Å². The van der Waals surface area contributed by atoms with Crippen LogP contribution in [0.2, 0.25) is 0 Å². The van der Waals surface area contributed by atoms with Crippen LogP contribution in [0.3, 0.4) is 0 Å². The van der Waals surface area contributed by atoms with Crippen LogP contribution in [0.4, 0.5) is 0 Å². The van der Waals surface area contributed by atoms with E-state index in [1.807, 2.05) is 11.9 Å². The first kappa shape index (κ1) is 10.9. The van der Waals surface area contributed by atoms with Crippen LogP contribution in [0, 0.1) is 17.8 Å². The van der Waals surface area contributed by atoms with Gasteiger partial charge in [0.25, 0.3) is 0 Å². The first-order valence-corrected chi connectivity index (χ1v) is 6.10. The molecule has 0 heterocycles. The molecule has 3 atom stereocenters. The van der Waals surface area contributed by atoms with Gasteiger partial charge in [-0.3, -0.25) is 4.79 Å². The predicted molar refractivity (Wildman–Crippen MR) is 60.2 cm³/mol. The highest BCUT2D eigenvalue weighted by atomic mass is 16.2. The van der Waals surface area contributed by atoms with Crippen molar-refractivity contribution in [3.8, 4) is 0 Å². The second-order valence-corrected chi connectivity index (χ2v) is 5.30. The normalized spacial score (nSPS) is 34.7. The van der Waals surface area contributed by atoms with Gasteiger partial charge in [-0.2, -0.15) is 0 Å². The zero-order valence-corrected chi connectivity index (χ0v) is 9.78. The summed E-state index contributed by atoms with van der Waals surface area (Å²) in [5.74, 6) is 2.44. The molecule has 3 nitrogen and oxygen atoms in total. The first-order chi connectivity index (χ1) is 7.13. The van der Waals surface area contributed by atoms with E-state index in [-0.39, 0.29) is 0 Å². The molecular weight excluding hydrogens is 188 g/mol. The molecule has 0 spiro atoms. The van der Waals surface area contributed by atoms with Gasteiger partial charge in [0.1, 0.15) is 0 Å². The number of carbonyl (C=O) groups excluding carboxylic acids is 1. The summed E-state index contributed by atoms with van der Waals surface area (Å²) in [5.41, 5.74) is 5.51. The topological polar surface area (TPSA) is 46.3 Å². The quantitative estimate of drug-likeness (QED) is 0.758. The van der Waals surface area contributed by atoms with Crippen molar-refractivity contribution < 1.29 is 4.79 Å². The highest BCUT2D eigenvalue weighted by molar-refractivity contribution is 5.79. The van der Waals surface area contributed by atoms with Crippen LogP contribution in [0.25, 0.3) is 0 Å². The fourth-order valence-corrected chi connectivity index (χ4v) is 2.86. The molecule has 2 fully saturated rings. The Morgan fingerprint density at radius 3 is 2.53 bits per heavy atom. The number of hydrogen-bond donors (Lipinski definition) is 1. The van der Waals surface area contributed by atoms with Gasteiger partial charge < -0.3 is 10.6 Å². The van der Waals surface area contributed by atoms with Gasteiger partial charge in [0.05, 0.1) is 0 Å². The van der Waals surface area contributed by atoms with E-state index in [4.69, 9.17) is 5.73 Å². The second kappa shape index (κ2) is 4.12. The Kier molecular flexibility index (Phi) is 3.01. The molecule has 0 aromatic rings. The van der Waals surface area contributed by atoms with Crippen LogP contribution in [0.15, 0.2) is 0 Å². The summed E-state index contributed by atoms with van der Waals surface area (Å²) in [5, 5.41) is 0. The van der Waals surface area contributed by atoms with Gasteiger partial charge in [0.2, 0.25) is 5.91 Å². The summed E-state index contributed by atoms with van der Waals surface area (Å²) >= 11 is 0. The van der Waals surface area contributed by atoms with Crippen LogP contribution in [0.1, 0.15) is 32.6 Å². The molecule has 2 aliphatic carbocycles. The summed E-state index contributed by atoms with van der Waals surface area (Å²) in [6.07, 6.45) is 4.57. The molecule has 1 amide bonds. The van der Waals surface area contributed by atoms with Gasteiger partial charge >= 0.3 is 0 Å². The zero-order chi connectivity index (χ0) is 11.0. The number of nitrogens with zero attached hydrogens (tertiary/aromatic N) is 1. The average Bonchev–Trinajstić information content (AvgIpc) is 2.84. The maximum absolute atomic E-state index is 12.1. The second-order valence-electron chi connectivity index (χ2n) is 5.30. The molecule has 0 aromatic carbocycles. The highest BCUT2D eigenvalue weighted by Gasteiger charge is 2.48. The summed E-state index contributed by atoms with van der Waals surface area (Å²) in [6, 6.07) is 0.291.